The lowest BCUT2D eigenvalue weighted by Gasteiger charge is -2.42. The fraction of sp³-hybridized carbons (Fsp3) is 0.296. The van der Waals surface area contributed by atoms with E-state index in [4.69, 9.17) is 15.7 Å². The van der Waals surface area contributed by atoms with E-state index in [0.717, 1.165) is 49.3 Å². The third-order valence-electron chi connectivity index (χ3n) is 7.73. The summed E-state index contributed by atoms with van der Waals surface area (Å²) in [5.41, 5.74) is 13.9. The molecule has 0 radical (unpaired) electrons. The number of piperidine rings is 1. The smallest absolute Gasteiger partial charge is 0.177 e. The Morgan fingerprint density at radius 2 is 1.91 bits per heavy atom. The van der Waals surface area contributed by atoms with Crippen molar-refractivity contribution in [3.63, 3.8) is 0 Å². The minimum Gasteiger partial charge on any atom is -0.392 e. The molecule has 0 unspecified atom stereocenters. The first-order valence-electron chi connectivity index (χ1n) is 11.8. The monoisotopic (exact) mass is 452 g/mol. The molecule has 7 nitrogen and oxygen atoms in total. The van der Waals surface area contributed by atoms with E-state index < -0.39 is 0 Å². The van der Waals surface area contributed by atoms with Crippen LogP contribution in [0.25, 0.3) is 16.7 Å². The predicted molar refractivity (Wildman–Crippen MR) is 133 cm³/mol. The van der Waals surface area contributed by atoms with Crippen molar-refractivity contribution in [3.8, 4) is 0 Å². The Kier molecular flexibility index (Phi) is 4.97. The van der Waals surface area contributed by atoms with Crippen LogP contribution in [0.2, 0.25) is 0 Å². The molecule has 6 rings (SSSR count). The molecule has 0 saturated carbocycles. The van der Waals surface area contributed by atoms with E-state index >= 15 is 0 Å². The van der Waals surface area contributed by atoms with Gasteiger partial charge in [0.05, 0.1) is 12.8 Å². The quantitative estimate of drug-likeness (QED) is 0.436. The second kappa shape index (κ2) is 8.04. The average Bonchev–Trinajstić information content (AvgIpc) is 3.43. The number of hydrogen-bond donors (Lipinski definition) is 3. The van der Waals surface area contributed by atoms with Gasteiger partial charge in [-0.25, -0.2) is 9.97 Å². The summed E-state index contributed by atoms with van der Waals surface area (Å²) in [6, 6.07) is 16.4. The largest absolute Gasteiger partial charge is 0.392 e. The summed E-state index contributed by atoms with van der Waals surface area (Å²) in [7, 11) is 0. The number of anilines is 1. The third kappa shape index (κ3) is 3.23. The summed E-state index contributed by atoms with van der Waals surface area (Å²) >= 11 is 0. The Balaban J connectivity index is 1.22. The fourth-order valence-electron chi connectivity index (χ4n) is 5.72. The zero-order valence-electron chi connectivity index (χ0n) is 19.0. The summed E-state index contributed by atoms with van der Waals surface area (Å²) < 4.78 is 0. The van der Waals surface area contributed by atoms with Crippen molar-refractivity contribution in [1.82, 2.24) is 20.2 Å². The Bertz CT molecular complexity index is 1380. The summed E-state index contributed by atoms with van der Waals surface area (Å²) in [5.74, 6) is 0.850. The molecule has 3 heterocycles. The lowest BCUT2D eigenvalue weighted by molar-refractivity contribution is 0.187. The number of nitrogens with one attached hydrogen (secondary N) is 1. The second-order valence-electron chi connectivity index (χ2n) is 9.49. The van der Waals surface area contributed by atoms with E-state index in [2.05, 4.69) is 45.9 Å². The Morgan fingerprint density at radius 3 is 2.71 bits per heavy atom. The van der Waals surface area contributed by atoms with Crippen molar-refractivity contribution in [2.75, 3.05) is 18.0 Å². The van der Waals surface area contributed by atoms with Gasteiger partial charge in [-0.3, -0.25) is 5.10 Å². The maximum absolute atomic E-state index is 9.69. The van der Waals surface area contributed by atoms with Gasteiger partial charge in [0.1, 0.15) is 17.0 Å². The molecule has 2 aromatic carbocycles. The van der Waals surface area contributed by atoms with Crippen molar-refractivity contribution in [2.24, 2.45) is 11.1 Å². The molecule has 1 aliphatic heterocycles. The van der Waals surface area contributed by atoms with Gasteiger partial charge in [0.15, 0.2) is 5.65 Å². The molecule has 1 aliphatic carbocycles. The van der Waals surface area contributed by atoms with Crippen LogP contribution in [0.5, 0.6) is 0 Å². The maximum atomic E-state index is 9.69. The molecule has 0 bridgehead atoms. The third-order valence-corrected chi connectivity index (χ3v) is 7.73. The van der Waals surface area contributed by atoms with Crippen LogP contribution in [-0.2, 0) is 13.0 Å². The molecule has 34 heavy (non-hydrogen) atoms. The van der Waals surface area contributed by atoms with Gasteiger partial charge in [-0.15, -0.1) is 0 Å². The number of rotatable bonds is 4. The zero-order valence-corrected chi connectivity index (χ0v) is 19.0. The first kappa shape index (κ1) is 21.0. The van der Waals surface area contributed by atoms with E-state index in [0.29, 0.717) is 22.4 Å². The summed E-state index contributed by atoms with van der Waals surface area (Å²) in [4.78, 5) is 11.8. The van der Waals surface area contributed by atoms with Gasteiger partial charge in [-0.1, -0.05) is 55.1 Å². The number of H-pyrrole nitrogens is 1. The van der Waals surface area contributed by atoms with Crippen LogP contribution in [0, 0.1) is 5.41 Å². The number of hydrogen-bond acceptors (Lipinski definition) is 6. The molecule has 1 atom stereocenters. The van der Waals surface area contributed by atoms with Gasteiger partial charge in [0, 0.05) is 24.7 Å². The number of nitrogens with two attached hydrogens (primary N) is 1. The van der Waals surface area contributed by atoms with E-state index in [1.165, 1.54) is 11.1 Å². The van der Waals surface area contributed by atoms with Crippen LogP contribution in [0.15, 0.2) is 61.3 Å². The van der Waals surface area contributed by atoms with Crippen LogP contribution in [0.1, 0.15) is 46.8 Å². The van der Waals surface area contributed by atoms with Crippen molar-refractivity contribution < 1.29 is 5.11 Å². The van der Waals surface area contributed by atoms with Crippen molar-refractivity contribution in [1.29, 1.82) is 0 Å². The van der Waals surface area contributed by atoms with Crippen molar-refractivity contribution >= 4 is 22.6 Å². The Labute approximate surface area is 198 Å². The molecule has 4 aromatic rings. The lowest BCUT2D eigenvalue weighted by Crippen LogP contribution is -2.44. The standard InChI is InChI=1S/C27H28N6O/c1-17(20-8-4-3-7-19(20)16-34)23-24-26(32-31-23)30-22(15-29-24)33-12-10-27(11-13-33)14-18-6-2-5-9-21(18)25(27)28/h2-9,15,25,34H,1,10-14,16,28H2,(H,30,31,32)/t25-/m1/s1. The second-order valence-corrected chi connectivity index (χ2v) is 9.49. The highest BCUT2D eigenvalue weighted by Crippen LogP contribution is 2.50. The van der Waals surface area contributed by atoms with Crippen LogP contribution in [0.4, 0.5) is 5.82 Å². The van der Waals surface area contributed by atoms with Crippen LogP contribution >= 0.6 is 0 Å². The molecule has 4 N–H and O–H groups in total. The molecule has 1 saturated heterocycles. The first-order valence-corrected chi connectivity index (χ1v) is 11.8. The summed E-state index contributed by atoms with van der Waals surface area (Å²) in [5, 5.41) is 17.2. The molecule has 7 heteroatoms. The highest BCUT2D eigenvalue weighted by Gasteiger charge is 2.45. The van der Waals surface area contributed by atoms with Crippen LogP contribution in [0.3, 0.4) is 0 Å². The number of aliphatic hydroxyl groups is 1. The predicted octanol–water partition coefficient (Wildman–Crippen LogP) is 3.75. The number of aromatic amines is 1. The number of nitrogens with zero attached hydrogens (tertiary/aromatic N) is 4. The number of fused-ring (bicyclic) bond motifs is 2. The fourth-order valence-corrected chi connectivity index (χ4v) is 5.72. The van der Waals surface area contributed by atoms with Gasteiger partial charge in [-0.2, -0.15) is 5.10 Å². The minimum absolute atomic E-state index is 0.0570. The van der Waals surface area contributed by atoms with E-state index in [1.54, 1.807) is 0 Å². The summed E-state index contributed by atoms with van der Waals surface area (Å²) in [6.07, 6.45) is 4.95. The van der Waals surface area contributed by atoms with E-state index in [1.807, 2.05) is 30.5 Å². The highest BCUT2D eigenvalue weighted by molar-refractivity contribution is 5.91. The molecule has 1 spiro atoms. The van der Waals surface area contributed by atoms with Crippen LogP contribution in [-0.4, -0.2) is 38.4 Å². The lowest BCUT2D eigenvalue weighted by atomic mass is 9.73. The molecule has 1 fully saturated rings. The van der Waals surface area contributed by atoms with Crippen molar-refractivity contribution in [3.05, 3.63) is 89.3 Å². The van der Waals surface area contributed by atoms with Gasteiger partial charge in [0.2, 0.25) is 0 Å². The van der Waals surface area contributed by atoms with Crippen LogP contribution < -0.4 is 10.6 Å². The minimum atomic E-state index is -0.0570. The van der Waals surface area contributed by atoms with Gasteiger partial charge in [-0.05, 0) is 46.9 Å². The number of aliphatic hydroxyl groups excluding tert-OH is 1. The van der Waals surface area contributed by atoms with E-state index in [9.17, 15) is 5.11 Å². The highest BCUT2D eigenvalue weighted by atomic mass is 16.3. The normalized spacial score (nSPS) is 19.0. The first-order chi connectivity index (χ1) is 16.6. The number of benzene rings is 2. The topological polar surface area (TPSA) is 104 Å². The SMILES string of the molecule is C=C(c1ccccc1CO)c1n[nH]c2nc(N3CCC4(CC3)Cc3ccccc3[C@H]4N)cnc12. The van der Waals surface area contributed by atoms with Gasteiger partial charge >= 0.3 is 0 Å². The Morgan fingerprint density at radius 1 is 1.15 bits per heavy atom. The van der Waals surface area contributed by atoms with Gasteiger partial charge in [0.25, 0.3) is 0 Å². The Hall–Kier alpha value is -3.55. The molecule has 2 aliphatic rings. The molecular weight excluding hydrogens is 424 g/mol. The van der Waals surface area contributed by atoms with Gasteiger partial charge < -0.3 is 15.7 Å². The number of aromatic nitrogens is 4. The molecular formula is C27H28N6O. The zero-order chi connectivity index (χ0) is 23.3. The summed E-state index contributed by atoms with van der Waals surface area (Å²) in [6.45, 7) is 5.97. The molecule has 0 amide bonds. The molecule has 2 aromatic heterocycles. The molecule has 172 valence electrons. The van der Waals surface area contributed by atoms with Crippen molar-refractivity contribution in [2.45, 2.75) is 31.9 Å². The van der Waals surface area contributed by atoms with E-state index in [-0.39, 0.29) is 18.1 Å². The average molecular weight is 453 g/mol. The maximum Gasteiger partial charge on any atom is 0.177 e.